The molecule has 6 heteroatoms. The first-order chi connectivity index (χ1) is 8.49. The number of nitrogens with zero attached hydrogens (tertiary/aromatic N) is 2. The minimum atomic E-state index is -1.08. The summed E-state index contributed by atoms with van der Waals surface area (Å²) in [5, 5.41) is 13.1. The van der Waals surface area contributed by atoms with Crippen LogP contribution in [0.2, 0.25) is 5.02 Å². The van der Waals surface area contributed by atoms with Crippen LogP contribution in [-0.4, -0.2) is 20.9 Å². The zero-order valence-corrected chi connectivity index (χ0v) is 10.2. The average molecular weight is 265 g/mol. The van der Waals surface area contributed by atoms with Crippen LogP contribution in [0.15, 0.2) is 35.1 Å². The zero-order valence-electron chi connectivity index (χ0n) is 9.42. The lowest BCUT2D eigenvalue weighted by atomic mass is 10.1. The van der Waals surface area contributed by atoms with E-state index in [1.54, 1.807) is 19.2 Å². The first kappa shape index (κ1) is 12.3. The van der Waals surface area contributed by atoms with Crippen molar-refractivity contribution in [2.24, 2.45) is 7.05 Å². The maximum Gasteiger partial charge on any atom is 0.337 e. The van der Waals surface area contributed by atoms with Gasteiger partial charge in [-0.1, -0.05) is 17.7 Å². The lowest BCUT2D eigenvalue weighted by Gasteiger charge is -2.05. The van der Waals surface area contributed by atoms with Gasteiger partial charge in [-0.3, -0.25) is 4.79 Å². The summed E-state index contributed by atoms with van der Waals surface area (Å²) in [5.74, 6) is -1.08. The molecule has 0 spiro atoms. The Morgan fingerprint density at radius 2 is 2.06 bits per heavy atom. The van der Waals surface area contributed by atoms with Crippen molar-refractivity contribution in [3.63, 3.8) is 0 Å². The van der Waals surface area contributed by atoms with Gasteiger partial charge in [0.1, 0.15) is 0 Å². The normalized spacial score (nSPS) is 10.3. The molecule has 5 nitrogen and oxygen atoms in total. The summed E-state index contributed by atoms with van der Waals surface area (Å²) < 4.78 is 1.20. The Bertz CT molecular complexity index is 679. The molecule has 2 aromatic rings. The second-order valence-electron chi connectivity index (χ2n) is 3.68. The van der Waals surface area contributed by atoms with Crippen LogP contribution in [0.5, 0.6) is 0 Å². The Kier molecular flexibility index (Phi) is 3.16. The molecule has 1 heterocycles. The fourth-order valence-corrected chi connectivity index (χ4v) is 1.77. The van der Waals surface area contributed by atoms with Gasteiger partial charge in [-0.25, -0.2) is 9.48 Å². The minimum Gasteiger partial charge on any atom is -0.478 e. The van der Waals surface area contributed by atoms with E-state index in [2.05, 4.69) is 5.10 Å². The van der Waals surface area contributed by atoms with Crippen LogP contribution in [0.25, 0.3) is 11.3 Å². The van der Waals surface area contributed by atoms with E-state index in [4.69, 9.17) is 16.7 Å². The van der Waals surface area contributed by atoms with Crippen LogP contribution in [0.1, 0.15) is 10.4 Å². The van der Waals surface area contributed by atoms with Crippen molar-refractivity contribution >= 4 is 17.6 Å². The van der Waals surface area contributed by atoms with Gasteiger partial charge in [0.05, 0.1) is 16.3 Å². The topological polar surface area (TPSA) is 72.2 Å². The number of rotatable bonds is 2. The lowest BCUT2D eigenvalue weighted by Crippen LogP contribution is -2.18. The molecule has 18 heavy (non-hydrogen) atoms. The second-order valence-corrected chi connectivity index (χ2v) is 4.09. The van der Waals surface area contributed by atoms with E-state index in [9.17, 15) is 9.59 Å². The largest absolute Gasteiger partial charge is 0.478 e. The van der Waals surface area contributed by atoms with Crippen molar-refractivity contribution in [3.8, 4) is 11.3 Å². The average Bonchev–Trinajstić information content (AvgIpc) is 2.32. The Balaban J connectivity index is 2.52. The number of aromatic carboxylic acids is 1. The molecular formula is C12H9ClN2O3. The number of carboxylic acids is 1. The molecule has 1 aromatic heterocycles. The summed E-state index contributed by atoms with van der Waals surface area (Å²) in [6.45, 7) is 0. The molecule has 0 aliphatic carbocycles. The number of hydrogen-bond donors (Lipinski definition) is 1. The summed E-state index contributed by atoms with van der Waals surface area (Å²) in [4.78, 5) is 22.0. The fourth-order valence-electron chi connectivity index (χ4n) is 1.50. The molecule has 2 rings (SSSR count). The van der Waals surface area contributed by atoms with Crippen molar-refractivity contribution in [1.29, 1.82) is 0 Å². The van der Waals surface area contributed by atoms with Gasteiger partial charge in [-0.2, -0.15) is 5.10 Å². The van der Waals surface area contributed by atoms with Crippen LogP contribution in [0.4, 0.5) is 0 Å². The maximum absolute atomic E-state index is 11.2. The number of carbonyl (C=O) groups is 1. The van der Waals surface area contributed by atoms with Crippen LogP contribution >= 0.6 is 11.6 Å². The maximum atomic E-state index is 11.2. The third-order valence-corrected chi connectivity index (χ3v) is 2.77. The molecule has 1 N–H and O–H groups in total. The minimum absolute atomic E-state index is 0.0326. The van der Waals surface area contributed by atoms with Crippen molar-refractivity contribution in [2.75, 3.05) is 0 Å². The van der Waals surface area contributed by atoms with Gasteiger partial charge < -0.3 is 5.11 Å². The van der Waals surface area contributed by atoms with E-state index in [0.717, 1.165) is 0 Å². The zero-order chi connectivity index (χ0) is 13.3. The highest BCUT2D eigenvalue weighted by molar-refractivity contribution is 6.33. The first-order valence-corrected chi connectivity index (χ1v) is 5.44. The van der Waals surface area contributed by atoms with Crippen molar-refractivity contribution < 1.29 is 9.90 Å². The molecule has 0 saturated heterocycles. The summed E-state index contributed by atoms with van der Waals surface area (Å²) in [7, 11) is 1.54. The molecule has 0 unspecified atom stereocenters. The van der Waals surface area contributed by atoms with Gasteiger partial charge in [0.15, 0.2) is 0 Å². The molecule has 0 amide bonds. The van der Waals surface area contributed by atoms with Crippen LogP contribution in [0, 0.1) is 0 Å². The van der Waals surface area contributed by atoms with Crippen molar-refractivity contribution in [2.45, 2.75) is 0 Å². The van der Waals surface area contributed by atoms with Crippen molar-refractivity contribution in [1.82, 2.24) is 9.78 Å². The molecule has 0 aliphatic heterocycles. The van der Waals surface area contributed by atoms with Gasteiger partial charge in [0.25, 0.3) is 5.56 Å². The third-order valence-electron chi connectivity index (χ3n) is 2.46. The monoisotopic (exact) mass is 264 g/mol. The predicted octanol–water partition coefficient (Wildman–Crippen LogP) is 1.80. The predicted molar refractivity (Wildman–Crippen MR) is 66.9 cm³/mol. The van der Waals surface area contributed by atoms with Gasteiger partial charge in [-0.15, -0.1) is 0 Å². The van der Waals surface area contributed by atoms with Crippen LogP contribution in [0.3, 0.4) is 0 Å². The van der Waals surface area contributed by atoms with Crippen molar-refractivity contribution in [3.05, 3.63) is 51.3 Å². The number of aryl methyl sites for hydroxylation is 1. The van der Waals surface area contributed by atoms with E-state index in [1.165, 1.54) is 22.9 Å². The molecule has 0 atom stereocenters. The summed E-state index contributed by atoms with van der Waals surface area (Å²) in [6, 6.07) is 7.47. The van der Waals surface area contributed by atoms with E-state index < -0.39 is 5.97 Å². The molecule has 1 aromatic carbocycles. The van der Waals surface area contributed by atoms with Gasteiger partial charge in [0, 0.05) is 18.7 Å². The Morgan fingerprint density at radius 3 is 2.61 bits per heavy atom. The number of benzene rings is 1. The van der Waals surface area contributed by atoms with Gasteiger partial charge in [-0.05, 0) is 18.2 Å². The molecule has 0 aliphatic rings. The molecule has 0 saturated carbocycles. The number of hydrogen-bond acceptors (Lipinski definition) is 3. The highest BCUT2D eigenvalue weighted by atomic mass is 35.5. The first-order valence-electron chi connectivity index (χ1n) is 5.06. The fraction of sp³-hybridized carbons (Fsp3) is 0.0833. The summed E-state index contributed by atoms with van der Waals surface area (Å²) in [5.41, 5.74) is 1.02. The number of aromatic nitrogens is 2. The Hall–Kier alpha value is -2.14. The third kappa shape index (κ3) is 2.26. The quantitative estimate of drug-likeness (QED) is 0.898. The van der Waals surface area contributed by atoms with Crippen LogP contribution in [-0.2, 0) is 7.05 Å². The SMILES string of the molecule is Cn1nc(-c2ccc(C(=O)O)c(Cl)c2)ccc1=O. The molecular weight excluding hydrogens is 256 g/mol. The summed E-state index contributed by atoms with van der Waals surface area (Å²) >= 11 is 5.87. The summed E-state index contributed by atoms with van der Waals surface area (Å²) in [6.07, 6.45) is 0. The van der Waals surface area contributed by atoms with E-state index >= 15 is 0 Å². The molecule has 92 valence electrons. The second kappa shape index (κ2) is 4.62. The molecule has 0 fully saturated rings. The Labute approximate surface area is 107 Å². The van der Waals surface area contributed by atoms with E-state index in [1.807, 2.05) is 0 Å². The van der Waals surface area contributed by atoms with E-state index in [0.29, 0.717) is 11.3 Å². The molecule has 0 radical (unpaired) electrons. The highest BCUT2D eigenvalue weighted by Gasteiger charge is 2.10. The number of halogens is 1. The Morgan fingerprint density at radius 1 is 1.33 bits per heavy atom. The van der Waals surface area contributed by atoms with Crippen LogP contribution < -0.4 is 5.56 Å². The lowest BCUT2D eigenvalue weighted by molar-refractivity contribution is 0.0697. The molecule has 0 bridgehead atoms. The van der Waals surface area contributed by atoms with E-state index in [-0.39, 0.29) is 16.1 Å². The smallest absolute Gasteiger partial charge is 0.337 e. The van der Waals surface area contributed by atoms with Gasteiger partial charge in [0.2, 0.25) is 0 Å². The highest BCUT2D eigenvalue weighted by Crippen LogP contribution is 2.23. The standard InChI is InChI=1S/C12H9ClN2O3/c1-15-11(16)5-4-10(14-15)7-2-3-8(12(17)18)9(13)6-7/h2-6H,1H3,(H,17,18). The number of carboxylic acid groups (broad SMARTS) is 1. The van der Waals surface area contributed by atoms with Gasteiger partial charge >= 0.3 is 5.97 Å².